The summed E-state index contributed by atoms with van der Waals surface area (Å²) in [4.78, 5) is 12.2. The second-order valence-electron chi connectivity index (χ2n) is 7.26. The number of hydrogen-bond donors (Lipinski definition) is 2. The van der Waals surface area contributed by atoms with Gasteiger partial charge in [-0.3, -0.25) is 0 Å². The number of amides is 2. The number of furan rings is 1. The maximum Gasteiger partial charge on any atom is 0.315 e. The number of carbonyl (C=O) groups is 1. The summed E-state index contributed by atoms with van der Waals surface area (Å²) in [6.45, 7) is 8.55. The number of fused-ring (bicyclic) bond motifs is 1. The zero-order valence-corrected chi connectivity index (χ0v) is 14.1. The van der Waals surface area contributed by atoms with E-state index < -0.39 is 0 Å². The van der Waals surface area contributed by atoms with Crippen LogP contribution in [-0.4, -0.2) is 38.5 Å². The highest BCUT2D eigenvalue weighted by atomic mass is 16.6. The van der Waals surface area contributed by atoms with Crippen LogP contribution >= 0.6 is 0 Å². The summed E-state index contributed by atoms with van der Waals surface area (Å²) in [7, 11) is 0. The molecule has 2 N–H and O–H groups in total. The Labute approximate surface area is 136 Å². The van der Waals surface area contributed by atoms with Crippen molar-refractivity contribution >= 4 is 6.03 Å². The van der Waals surface area contributed by atoms with Crippen molar-refractivity contribution in [1.29, 1.82) is 0 Å². The monoisotopic (exact) mass is 322 g/mol. The molecule has 0 saturated carbocycles. The smallest absolute Gasteiger partial charge is 0.315 e. The van der Waals surface area contributed by atoms with Gasteiger partial charge < -0.3 is 24.5 Å². The Morgan fingerprint density at radius 3 is 2.96 bits per heavy atom. The number of ether oxygens (including phenoxy) is 2. The van der Waals surface area contributed by atoms with Gasteiger partial charge in [-0.1, -0.05) is 13.8 Å². The molecule has 1 saturated heterocycles. The predicted molar refractivity (Wildman–Crippen MR) is 85.4 cm³/mol. The highest BCUT2D eigenvalue weighted by Crippen LogP contribution is 2.41. The second kappa shape index (κ2) is 6.53. The molecule has 6 heteroatoms. The summed E-state index contributed by atoms with van der Waals surface area (Å²) in [6, 6.07) is 1.84. The Balaban J connectivity index is 1.59. The molecule has 128 valence electrons. The van der Waals surface area contributed by atoms with Gasteiger partial charge in [0.05, 0.1) is 32.0 Å². The highest BCUT2D eigenvalue weighted by Gasteiger charge is 2.35. The molecule has 2 atom stereocenters. The number of aryl methyl sites for hydroxylation is 1. The van der Waals surface area contributed by atoms with Gasteiger partial charge in [0, 0.05) is 18.5 Å². The molecule has 0 bridgehead atoms. The Kier molecular flexibility index (Phi) is 4.64. The predicted octanol–water partition coefficient (Wildman–Crippen LogP) is 2.32. The van der Waals surface area contributed by atoms with Gasteiger partial charge in [0.25, 0.3) is 0 Å². The summed E-state index contributed by atoms with van der Waals surface area (Å²) < 4.78 is 16.7. The number of urea groups is 1. The molecule has 1 aromatic rings. The maximum atomic E-state index is 12.2. The average Bonchev–Trinajstić information content (AvgIpc) is 2.85. The van der Waals surface area contributed by atoms with Crippen LogP contribution in [0.3, 0.4) is 0 Å². The summed E-state index contributed by atoms with van der Waals surface area (Å²) in [5, 5.41) is 5.96. The van der Waals surface area contributed by atoms with Crippen LogP contribution in [0.25, 0.3) is 0 Å². The molecule has 0 unspecified atom stereocenters. The third-order valence-electron chi connectivity index (χ3n) is 4.42. The van der Waals surface area contributed by atoms with Crippen LogP contribution in [0.2, 0.25) is 0 Å². The Hall–Kier alpha value is -1.53. The standard InChI is InChI=1S/C17H26N2O4/c1-11-6-13-14(7-17(2,3)8-15(13)23-11)19-16(20)18-9-12-10-21-4-5-22-12/h6,12,14H,4-5,7-10H2,1-3H3,(H2,18,19,20)/t12-,14+/m0/s1. The van der Waals surface area contributed by atoms with E-state index in [9.17, 15) is 4.79 Å². The quantitative estimate of drug-likeness (QED) is 0.896. The van der Waals surface area contributed by atoms with E-state index in [-0.39, 0.29) is 23.6 Å². The molecule has 0 aromatic carbocycles. The van der Waals surface area contributed by atoms with Crippen molar-refractivity contribution in [2.75, 3.05) is 26.4 Å². The molecule has 1 aliphatic heterocycles. The average molecular weight is 322 g/mol. The largest absolute Gasteiger partial charge is 0.466 e. The number of nitrogens with one attached hydrogen (secondary N) is 2. The lowest BCUT2D eigenvalue weighted by atomic mass is 9.75. The molecule has 2 heterocycles. The molecule has 1 aliphatic carbocycles. The minimum atomic E-state index is -0.174. The van der Waals surface area contributed by atoms with Crippen LogP contribution in [0.15, 0.2) is 10.5 Å². The molecular weight excluding hydrogens is 296 g/mol. The van der Waals surface area contributed by atoms with Crippen molar-refractivity contribution in [3.8, 4) is 0 Å². The highest BCUT2D eigenvalue weighted by molar-refractivity contribution is 5.74. The van der Waals surface area contributed by atoms with Gasteiger partial charge in [0.1, 0.15) is 11.5 Å². The lowest BCUT2D eigenvalue weighted by molar-refractivity contribution is -0.0854. The van der Waals surface area contributed by atoms with Crippen molar-refractivity contribution in [1.82, 2.24) is 10.6 Å². The van der Waals surface area contributed by atoms with Gasteiger partial charge in [-0.2, -0.15) is 0 Å². The van der Waals surface area contributed by atoms with Crippen molar-refractivity contribution in [2.24, 2.45) is 5.41 Å². The minimum absolute atomic E-state index is 0.0188. The van der Waals surface area contributed by atoms with Crippen LogP contribution in [0.1, 0.15) is 43.4 Å². The first-order valence-electron chi connectivity index (χ1n) is 8.26. The first kappa shape index (κ1) is 16.3. The Morgan fingerprint density at radius 2 is 2.22 bits per heavy atom. The summed E-state index contributed by atoms with van der Waals surface area (Å²) in [5.74, 6) is 1.89. The summed E-state index contributed by atoms with van der Waals surface area (Å²) in [5.41, 5.74) is 1.21. The van der Waals surface area contributed by atoms with E-state index in [1.54, 1.807) is 0 Å². The zero-order valence-electron chi connectivity index (χ0n) is 14.1. The molecule has 2 amide bonds. The fraction of sp³-hybridized carbons (Fsp3) is 0.706. The third kappa shape index (κ3) is 4.06. The van der Waals surface area contributed by atoms with Gasteiger partial charge in [0.15, 0.2) is 0 Å². The number of hydrogen-bond acceptors (Lipinski definition) is 4. The van der Waals surface area contributed by atoms with Gasteiger partial charge in [0.2, 0.25) is 0 Å². The van der Waals surface area contributed by atoms with E-state index in [0.717, 1.165) is 29.9 Å². The summed E-state index contributed by atoms with van der Waals surface area (Å²) >= 11 is 0. The molecule has 1 fully saturated rings. The fourth-order valence-corrected chi connectivity index (χ4v) is 3.38. The van der Waals surface area contributed by atoms with E-state index in [2.05, 4.69) is 24.5 Å². The molecule has 3 rings (SSSR count). The number of rotatable bonds is 3. The number of carbonyl (C=O) groups excluding carboxylic acids is 1. The molecule has 0 radical (unpaired) electrons. The van der Waals surface area contributed by atoms with E-state index in [1.807, 2.05) is 13.0 Å². The summed E-state index contributed by atoms with van der Waals surface area (Å²) in [6.07, 6.45) is 1.74. The van der Waals surface area contributed by atoms with E-state index in [4.69, 9.17) is 13.9 Å². The zero-order chi connectivity index (χ0) is 16.4. The molecule has 1 aromatic heterocycles. The molecule has 2 aliphatic rings. The van der Waals surface area contributed by atoms with Crippen molar-refractivity contribution in [3.63, 3.8) is 0 Å². The normalized spacial score (nSPS) is 26.4. The maximum absolute atomic E-state index is 12.2. The SMILES string of the molecule is Cc1cc2c(o1)CC(C)(C)C[C@H]2NC(=O)NC[C@H]1COCCO1. The minimum Gasteiger partial charge on any atom is -0.466 e. The molecule has 0 spiro atoms. The van der Waals surface area contributed by atoms with Crippen LogP contribution in [0.5, 0.6) is 0 Å². The topological polar surface area (TPSA) is 72.7 Å². The molecule has 23 heavy (non-hydrogen) atoms. The van der Waals surface area contributed by atoms with Gasteiger partial charge in [-0.25, -0.2) is 4.79 Å². The van der Waals surface area contributed by atoms with E-state index in [0.29, 0.717) is 26.4 Å². The van der Waals surface area contributed by atoms with Gasteiger partial charge in [-0.15, -0.1) is 0 Å². The van der Waals surface area contributed by atoms with Crippen molar-refractivity contribution < 1.29 is 18.7 Å². The molecular formula is C17H26N2O4. The van der Waals surface area contributed by atoms with Crippen molar-refractivity contribution in [3.05, 3.63) is 23.2 Å². The third-order valence-corrected chi connectivity index (χ3v) is 4.42. The van der Waals surface area contributed by atoms with E-state index in [1.165, 1.54) is 0 Å². The van der Waals surface area contributed by atoms with Crippen LogP contribution < -0.4 is 10.6 Å². The first-order chi connectivity index (χ1) is 10.9. The van der Waals surface area contributed by atoms with Crippen LogP contribution in [0, 0.1) is 12.3 Å². The van der Waals surface area contributed by atoms with Crippen LogP contribution in [0.4, 0.5) is 4.79 Å². The second-order valence-corrected chi connectivity index (χ2v) is 7.26. The van der Waals surface area contributed by atoms with Crippen LogP contribution in [-0.2, 0) is 15.9 Å². The van der Waals surface area contributed by atoms with E-state index >= 15 is 0 Å². The van der Waals surface area contributed by atoms with Gasteiger partial charge in [-0.05, 0) is 24.8 Å². The molecule has 6 nitrogen and oxygen atoms in total. The fourth-order valence-electron chi connectivity index (χ4n) is 3.38. The first-order valence-corrected chi connectivity index (χ1v) is 8.26. The lowest BCUT2D eigenvalue weighted by Gasteiger charge is -2.34. The Morgan fingerprint density at radius 1 is 1.39 bits per heavy atom. The lowest BCUT2D eigenvalue weighted by Crippen LogP contribution is -2.46. The van der Waals surface area contributed by atoms with Crippen molar-refractivity contribution in [2.45, 2.75) is 45.8 Å². The Bertz CT molecular complexity index is 561. The van der Waals surface area contributed by atoms with Gasteiger partial charge >= 0.3 is 6.03 Å².